The fourth-order valence-corrected chi connectivity index (χ4v) is 5.54. The molecule has 0 fully saturated rings. The molecule has 4 aromatic rings. The van der Waals surface area contributed by atoms with Crippen molar-refractivity contribution in [1.82, 2.24) is 9.99 Å². The number of carbonyl (C=O) groups excluding carboxylic acids is 1. The Morgan fingerprint density at radius 2 is 1.59 bits per heavy atom. The lowest BCUT2D eigenvalue weighted by molar-refractivity contribution is -0.119. The predicted octanol–water partition coefficient (Wildman–Crippen LogP) is 4.45. The number of sulfonamides is 1. The SMILES string of the molecule is COc1ccccc1N(CC(=O)N/N=C\c1cc(C)n(-c2ccccc2)c1C)S(=O)(=O)c1ccccc1. The van der Waals surface area contributed by atoms with Crippen molar-refractivity contribution in [2.75, 3.05) is 18.0 Å². The first-order valence-corrected chi connectivity index (χ1v) is 13.0. The number of carbonyl (C=O) groups is 1. The van der Waals surface area contributed by atoms with Crippen molar-refractivity contribution in [2.45, 2.75) is 18.7 Å². The normalized spacial score (nSPS) is 11.4. The van der Waals surface area contributed by atoms with Gasteiger partial charge >= 0.3 is 0 Å². The summed E-state index contributed by atoms with van der Waals surface area (Å²) < 4.78 is 35.5. The third-order valence-electron chi connectivity index (χ3n) is 5.85. The molecule has 0 spiro atoms. The molecule has 0 atom stereocenters. The Bertz CT molecular complexity index is 1510. The van der Waals surface area contributed by atoms with Gasteiger partial charge in [-0.15, -0.1) is 0 Å². The van der Waals surface area contributed by atoms with E-state index in [1.807, 2.05) is 50.2 Å². The van der Waals surface area contributed by atoms with Crippen molar-refractivity contribution in [1.29, 1.82) is 0 Å². The molecule has 1 heterocycles. The number of ether oxygens (including phenoxy) is 1. The van der Waals surface area contributed by atoms with Crippen LogP contribution in [0.2, 0.25) is 0 Å². The molecule has 1 aromatic heterocycles. The molecule has 0 aliphatic carbocycles. The first kappa shape index (κ1) is 25.7. The molecule has 0 saturated carbocycles. The monoisotopic (exact) mass is 516 g/mol. The lowest BCUT2D eigenvalue weighted by Crippen LogP contribution is -2.39. The van der Waals surface area contributed by atoms with Gasteiger partial charge in [0.05, 0.1) is 23.9 Å². The number of methoxy groups -OCH3 is 1. The third-order valence-corrected chi connectivity index (χ3v) is 7.62. The highest BCUT2D eigenvalue weighted by molar-refractivity contribution is 7.92. The van der Waals surface area contributed by atoms with Crippen molar-refractivity contribution in [3.63, 3.8) is 0 Å². The number of para-hydroxylation sites is 3. The highest BCUT2D eigenvalue weighted by atomic mass is 32.2. The molecule has 0 unspecified atom stereocenters. The fourth-order valence-electron chi connectivity index (χ4n) is 4.09. The van der Waals surface area contributed by atoms with E-state index in [0.717, 1.165) is 26.9 Å². The zero-order valence-corrected chi connectivity index (χ0v) is 21.6. The van der Waals surface area contributed by atoms with Crippen LogP contribution < -0.4 is 14.5 Å². The van der Waals surface area contributed by atoms with Gasteiger partial charge in [0.1, 0.15) is 12.3 Å². The number of nitrogens with one attached hydrogen (secondary N) is 1. The summed E-state index contributed by atoms with van der Waals surface area (Å²) in [6, 6.07) is 26.5. The quantitative estimate of drug-likeness (QED) is 0.263. The number of aromatic nitrogens is 1. The third kappa shape index (κ3) is 5.57. The molecule has 0 bridgehead atoms. The molecule has 3 aromatic carbocycles. The Hall–Kier alpha value is -4.37. The zero-order chi connectivity index (χ0) is 26.4. The highest BCUT2D eigenvalue weighted by Gasteiger charge is 2.29. The van der Waals surface area contributed by atoms with Gasteiger partial charge in [-0.25, -0.2) is 13.8 Å². The van der Waals surface area contributed by atoms with Crippen LogP contribution in [-0.2, 0) is 14.8 Å². The van der Waals surface area contributed by atoms with Crippen LogP contribution in [0.25, 0.3) is 5.69 Å². The van der Waals surface area contributed by atoms with Gasteiger partial charge in [0.2, 0.25) is 0 Å². The molecule has 8 nitrogen and oxygen atoms in total. The number of hydrogen-bond acceptors (Lipinski definition) is 5. The van der Waals surface area contributed by atoms with Gasteiger partial charge in [0.25, 0.3) is 15.9 Å². The van der Waals surface area contributed by atoms with Crippen LogP contribution >= 0.6 is 0 Å². The van der Waals surface area contributed by atoms with Gasteiger partial charge in [-0.3, -0.25) is 9.10 Å². The summed E-state index contributed by atoms with van der Waals surface area (Å²) in [4.78, 5) is 13.0. The molecular formula is C28H28N4O4S. The average Bonchev–Trinajstić information content (AvgIpc) is 3.20. The first-order valence-electron chi connectivity index (χ1n) is 11.6. The predicted molar refractivity (Wildman–Crippen MR) is 145 cm³/mol. The Balaban J connectivity index is 1.57. The summed E-state index contributed by atoms with van der Waals surface area (Å²) in [7, 11) is -2.61. The van der Waals surface area contributed by atoms with Crippen molar-refractivity contribution in [3.8, 4) is 11.4 Å². The van der Waals surface area contributed by atoms with E-state index in [9.17, 15) is 13.2 Å². The fraction of sp³-hybridized carbons (Fsp3) is 0.143. The van der Waals surface area contributed by atoms with E-state index < -0.39 is 22.5 Å². The largest absolute Gasteiger partial charge is 0.495 e. The van der Waals surface area contributed by atoms with Gasteiger partial charge in [-0.2, -0.15) is 5.10 Å². The Morgan fingerprint density at radius 3 is 2.27 bits per heavy atom. The topological polar surface area (TPSA) is 93.0 Å². The summed E-state index contributed by atoms with van der Waals surface area (Å²) >= 11 is 0. The smallest absolute Gasteiger partial charge is 0.264 e. The zero-order valence-electron chi connectivity index (χ0n) is 20.8. The average molecular weight is 517 g/mol. The minimum Gasteiger partial charge on any atom is -0.495 e. The van der Waals surface area contributed by atoms with Gasteiger partial charge in [-0.05, 0) is 56.3 Å². The number of anilines is 1. The van der Waals surface area contributed by atoms with Crippen molar-refractivity contribution in [3.05, 3.63) is 108 Å². The number of nitrogens with zero attached hydrogens (tertiary/aromatic N) is 3. The van der Waals surface area contributed by atoms with Crippen LogP contribution in [0.15, 0.2) is 101 Å². The molecule has 190 valence electrons. The maximum atomic E-state index is 13.5. The van der Waals surface area contributed by atoms with Crippen LogP contribution in [0.4, 0.5) is 5.69 Å². The van der Waals surface area contributed by atoms with E-state index in [1.54, 1.807) is 48.7 Å². The van der Waals surface area contributed by atoms with Gasteiger partial charge < -0.3 is 9.30 Å². The van der Waals surface area contributed by atoms with Crippen LogP contribution in [-0.4, -0.2) is 38.8 Å². The van der Waals surface area contributed by atoms with Gasteiger partial charge in [0, 0.05) is 22.6 Å². The van der Waals surface area contributed by atoms with E-state index in [2.05, 4.69) is 15.1 Å². The molecule has 0 radical (unpaired) electrons. The van der Waals surface area contributed by atoms with Crippen molar-refractivity contribution >= 4 is 27.8 Å². The number of amides is 1. The number of hydrogen-bond donors (Lipinski definition) is 1. The lowest BCUT2D eigenvalue weighted by Gasteiger charge is -2.25. The van der Waals surface area contributed by atoms with E-state index in [4.69, 9.17) is 4.74 Å². The van der Waals surface area contributed by atoms with Crippen LogP contribution in [0.1, 0.15) is 17.0 Å². The minimum atomic E-state index is -4.06. The van der Waals surface area contributed by atoms with Gasteiger partial charge in [-0.1, -0.05) is 48.5 Å². The maximum Gasteiger partial charge on any atom is 0.264 e. The molecule has 4 rings (SSSR count). The molecule has 1 amide bonds. The van der Waals surface area contributed by atoms with Crippen LogP contribution in [0.5, 0.6) is 5.75 Å². The van der Waals surface area contributed by atoms with Gasteiger partial charge in [0.15, 0.2) is 0 Å². The second-order valence-corrected chi connectivity index (χ2v) is 10.1. The lowest BCUT2D eigenvalue weighted by atomic mass is 10.2. The maximum absolute atomic E-state index is 13.5. The molecule has 0 saturated heterocycles. The van der Waals surface area contributed by atoms with Crippen molar-refractivity contribution in [2.24, 2.45) is 5.10 Å². The molecule has 1 N–H and O–H groups in total. The minimum absolute atomic E-state index is 0.0607. The summed E-state index contributed by atoms with van der Waals surface area (Å²) in [5.41, 5.74) is 6.56. The Kier molecular flexibility index (Phi) is 7.74. The molecule has 9 heteroatoms. The van der Waals surface area contributed by atoms with Crippen LogP contribution in [0, 0.1) is 13.8 Å². The second-order valence-electron chi connectivity index (χ2n) is 8.29. The molecule has 0 aliphatic heterocycles. The Morgan fingerprint density at radius 1 is 0.973 bits per heavy atom. The first-order chi connectivity index (χ1) is 17.8. The molecule has 37 heavy (non-hydrogen) atoms. The summed E-state index contributed by atoms with van der Waals surface area (Å²) in [6.07, 6.45) is 1.55. The van der Waals surface area contributed by atoms with E-state index in [1.165, 1.54) is 19.2 Å². The number of hydrazone groups is 1. The van der Waals surface area contributed by atoms with Crippen LogP contribution in [0.3, 0.4) is 0 Å². The van der Waals surface area contributed by atoms with E-state index in [0.29, 0.717) is 5.75 Å². The number of benzene rings is 3. The van der Waals surface area contributed by atoms with E-state index in [-0.39, 0.29) is 10.6 Å². The number of aryl methyl sites for hydroxylation is 1. The second kappa shape index (κ2) is 11.1. The highest BCUT2D eigenvalue weighted by Crippen LogP contribution is 2.32. The standard InChI is InChI=1S/C28H28N4O4S/c1-21-18-23(22(2)32(21)24-12-6-4-7-13-24)19-29-30-28(33)20-31(26-16-10-11-17-27(26)36-3)37(34,35)25-14-8-5-9-15-25/h4-19H,20H2,1-3H3,(H,30,33)/b29-19-. The molecule has 0 aliphatic rings. The summed E-state index contributed by atoms with van der Waals surface area (Å²) in [6.45, 7) is 3.48. The number of rotatable bonds is 9. The van der Waals surface area contributed by atoms with E-state index >= 15 is 0 Å². The Labute approximate surface area is 216 Å². The van der Waals surface area contributed by atoms with Crippen molar-refractivity contribution < 1.29 is 17.9 Å². The molecular weight excluding hydrogens is 488 g/mol. The summed E-state index contributed by atoms with van der Waals surface area (Å²) in [5, 5.41) is 4.10. The summed E-state index contributed by atoms with van der Waals surface area (Å²) in [5.74, 6) is -0.273.